The van der Waals surface area contributed by atoms with Gasteiger partial charge in [0.15, 0.2) is 0 Å². The number of hydrogen-bond donors (Lipinski definition) is 1. The highest BCUT2D eigenvalue weighted by Crippen LogP contribution is 2.24. The maximum Gasteiger partial charge on any atom is 0.247 e. The second-order valence-corrected chi connectivity index (χ2v) is 7.95. The van der Waals surface area contributed by atoms with Crippen LogP contribution in [-0.4, -0.2) is 33.2 Å². The smallest absolute Gasteiger partial charge is 0.247 e. The van der Waals surface area contributed by atoms with Crippen molar-refractivity contribution in [1.29, 1.82) is 0 Å². The quantitative estimate of drug-likeness (QED) is 0.776. The molecule has 0 aliphatic carbocycles. The molecule has 0 radical (unpaired) electrons. The molecule has 0 heterocycles. The van der Waals surface area contributed by atoms with Crippen molar-refractivity contribution < 1.29 is 17.9 Å². The molecular formula is C18H21ClN2O4S. The molecule has 1 N–H and O–H groups in total. The van der Waals surface area contributed by atoms with Gasteiger partial charge in [-0.2, -0.15) is 0 Å². The Morgan fingerprint density at radius 1 is 1.15 bits per heavy atom. The number of benzene rings is 2. The molecule has 0 fully saturated rings. The summed E-state index contributed by atoms with van der Waals surface area (Å²) in [4.78, 5) is 12.6. The number of halogens is 1. The minimum Gasteiger partial charge on any atom is -0.494 e. The summed E-state index contributed by atoms with van der Waals surface area (Å²) >= 11 is 5.83. The van der Waals surface area contributed by atoms with E-state index in [-0.39, 0.29) is 0 Å². The summed E-state index contributed by atoms with van der Waals surface area (Å²) in [6.07, 6.45) is 1.07. The van der Waals surface area contributed by atoms with Gasteiger partial charge in [0.05, 0.1) is 18.6 Å². The Morgan fingerprint density at radius 2 is 1.73 bits per heavy atom. The van der Waals surface area contributed by atoms with Crippen LogP contribution in [0.1, 0.15) is 13.8 Å². The summed E-state index contributed by atoms with van der Waals surface area (Å²) in [6, 6.07) is 12.2. The van der Waals surface area contributed by atoms with Crippen molar-refractivity contribution in [2.24, 2.45) is 0 Å². The van der Waals surface area contributed by atoms with E-state index in [2.05, 4.69) is 5.32 Å². The Balaban J connectivity index is 2.25. The first-order chi connectivity index (χ1) is 12.2. The molecule has 0 saturated heterocycles. The molecule has 0 unspecified atom stereocenters. The number of carbonyl (C=O) groups is 1. The first-order valence-electron chi connectivity index (χ1n) is 8.01. The van der Waals surface area contributed by atoms with Gasteiger partial charge >= 0.3 is 0 Å². The van der Waals surface area contributed by atoms with Crippen LogP contribution in [0.25, 0.3) is 0 Å². The molecule has 2 rings (SSSR count). The predicted molar refractivity (Wildman–Crippen MR) is 104 cm³/mol. The third kappa shape index (κ3) is 5.12. The standard InChI is InChI=1S/C18H21ClN2O4S/c1-4-25-17-11-9-16(10-12-17)21(26(3,23)24)13(2)18(22)20-15-7-5-14(19)6-8-15/h5-13H,4H2,1-3H3,(H,20,22)/t13-/m1/s1. The Labute approximate surface area is 158 Å². The highest BCUT2D eigenvalue weighted by atomic mass is 35.5. The molecule has 2 aromatic carbocycles. The molecule has 2 aromatic rings. The largest absolute Gasteiger partial charge is 0.494 e. The fourth-order valence-electron chi connectivity index (χ4n) is 2.44. The Bertz CT molecular complexity index is 852. The van der Waals surface area contributed by atoms with Crippen molar-refractivity contribution in [1.82, 2.24) is 0 Å². The van der Waals surface area contributed by atoms with Crippen molar-refractivity contribution in [2.75, 3.05) is 22.5 Å². The molecule has 140 valence electrons. The third-order valence-corrected chi connectivity index (χ3v) is 5.10. The average molecular weight is 397 g/mol. The van der Waals surface area contributed by atoms with Crippen LogP contribution in [0.3, 0.4) is 0 Å². The summed E-state index contributed by atoms with van der Waals surface area (Å²) in [5, 5.41) is 3.24. The van der Waals surface area contributed by atoms with E-state index in [1.54, 1.807) is 48.5 Å². The van der Waals surface area contributed by atoms with E-state index in [1.807, 2.05) is 6.92 Å². The van der Waals surface area contributed by atoms with Gasteiger partial charge in [0, 0.05) is 10.7 Å². The SMILES string of the molecule is CCOc1ccc(N([C@H](C)C(=O)Nc2ccc(Cl)cc2)S(C)(=O)=O)cc1. The van der Waals surface area contributed by atoms with E-state index in [4.69, 9.17) is 16.3 Å². The number of sulfonamides is 1. The van der Waals surface area contributed by atoms with Gasteiger partial charge in [-0.25, -0.2) is 8.42 Å². The zero-order valence-corrected chi connectivity index (χ0v) is 16.3. The lowest BCUT2D eigenvalue weighted by Gasteiger charge is -2.28. The maximum atomic E-state index is 12.6. The van der Waals surface area contributed by atoms with Gasteiger partial charge in [-0.15, -0.1) is 0 Å². The molecule has 0 spiro atoms. The number of nitrogens with one attached hydrogen (secondary N) is 1. The number of amides is 1. The van der Waals surface area contributed by atoms with E-state index in [1.165, 1.54) is 6.92 Å². The molecule has 0 aromatic heterocycles. The van der Waals surface area contributed by atoms with Crippen LogP contribution in [-0.2, 0) is 14.8 Å². The van der Waals surface area contributed by atoms with Gasteiger partial charge < -0.3 is 10.1 Å². The Morgan fingerprint density at radius 3 is 2.23 bits per heavy atom. The first kappa shape index (κ1) is 20.1. The van der Waals surface area contributed by atoms with E-state index < -0.39 is 22.0 Å². The van der Waals surface area contributed by atoms with E-state index in [0.717, 1.165) is 10.6 Å². The molecular weight excluding hydrogens is 376 g/mol. The van der Waals surface area contributed by atoms with Crippen LogP contribution in [0.2, 0.25) is 5.02 Å². The first-order valence-corrected chi connectivity index (χ1v) is 10.2. The molecule has 26 heavy (non-hydrogen) atoms. The van der Waals surface area contributed by atoms with Crippen LogP contribution >= 0.6 is 11.6 Å². The van der Waals surface area contributed by atoms with Crippen molar-refractivity contribution in [3.8, 4) is 5.75 Å². The van der Waals surface area contributed by atoms with E-state index >= 15 is 0 Å². The monoisotopic (exact) mass is 396 g/mol. The van der Waals surface area contributed by atoms with Crippen LogP contribution in [0, 0.1) is 0 Å². The van der Waals surface area contributed by atoms with E-state index in [0.29, 0.717) is 28.8 Å². The lowest BCUT2D eigenvalue weighted by Crippen LogP contribution is -2.45. The van der Waals surface area contributed by atoms with Crippen LogP contribution in [0.4, 0.5) is 11.4 Å². The molecule has 6 nitrogen and oxygen atoms in total. The minimum absolute atomic E-state index is 0.384. The van der Waals surface area contributed by atoms with Crippen molar-refractivity contribution in [3.63, 3.8) is 0 Å². The van der Waals surface area contributed by atoms with Crippen LogP contribution in [0.15, 0.2) is 48.5 Å². The molecule has 1 atom stereocenters. The molecule has 1 amide bonds. The average Bonchev–Trinajstić information content (AvgIpc) is 2.57. The molecule has 0 saturated carbocycles. The normalized spacial score (nSPS) is 12.3. The summed E-state index contributed by atoms with van der Waals surface area (Å²) in [7, 11) is -3.68. The fourth-order valence-corrected chi connectivity index (χ4v) is 3.75. The lowest BCUT2D eigenvalue weighted by molar-refractivity contribution is -0.116. The number of rotatable bonds is 7. The van der Waals surface area contributed by atoms with Gasteiger partial charge in [-0.1, -0.05) is 11.6 Å². The molecule has 8 heteroatoms. The topological polar surface area (TPSA) is 75.7 Å². The van der Waals surface area contributed by atoms with Crippen LogP contribution < -0.4 is 14.4 Å². The summed E-state index contributed by atoms with van der Waals surface area (Å²) in [5.41, 5.74) is 0.918. The lowest BCUT2D eigenvalue weighted by atomic mass is 10.2. The number of carbonyl (C=O) groups excluding carboxylic acids is 1. The molecule has 0 bridgehead atoms. The van der Waals surface area contributed by atoms with Crippen molar-refractivity contribution in [3.05, 3.63) is 53.6 Å². The number of anilines is 2. The molecule has 0 aliphatic heterocycles. The highest BCUT2D eigenvalue weighted by molar-refractivity contribution is 7.92. The number of ether oxygens (including phenoxy) is 1. The van der Waals surface area contributed by atoms with Gasteiger partial charge in [0.2, 0.25) is 15.9 Å². The zero-order chi connectivity index (χ0) is 19.3. The summed E-state index contributed by atoms with van der Waals surface area (Å²) in [5.74, 6) is 0.176. The van der Waals surface area contributed by atoms with Crippen LogP contribution in [0.5, 0.6) is 5.75 Å². The second kappa shape index (κ2) is 8.42. The Hall–Kier alpha value is -2.25. The zero-order valence-electron chi connectivity index (χ0n) is 14.8. The van der Waals surface area contributed by atoms with E-state index in [9.17, 15) is 13.2 Å². The Kier molecular flexibility index (Phi) is 6.50. The highest BCUT2D eigenvalue weighted by Gasteiger charge is 2.29. The number of nitrogens with zero attached hydrogens (tertiary/aromatic N) is 1. The number of hydrogen-bond acceptors (Lipinski definition) is 4. The predicted octanol–water partition coefficient (Wildman–Crippen LogP) is 3.53. The van der Waals surface area contributed by atoms with Gasteiger partial charge in [0.25, 0.3) is 0 Å². The summed E-state index contributed by atoms with van der Waals surface area (Å²) < 4.78 is 31.0. The fraction of sp³-hybridized carbons (Fsp3) is 0.278. The second-order valence-electron chi connectivity index (χ2n) is 5.66. The maximum absolute atomic E-state index is 12.6. The third-order valence-electron chi connectivity index (χ3n) is 3.60. The van der Waals surface area contributed by atoms with Gasteiger partial charge in [0.1, 0.15) is 11.8 Å². The molecule has 0 aliphatic rings. The minimum atomic E-state index is -3.68. The van der Waals surface area contributed by atoms with Crippen molar-refractivity contribution in [2.45, 2.75) is 19.9 Å². The van der Waals surface area contributed by atoms with Gasteiger partial charge in [-0.3, -0.25) is 9.10 Å². The van der Waals surface area contributed by atoms with Crippen molar-refractivity contribution >= 4 is 38.9 Å². The van der Waals surface area contributed by atoms with Gasteiger partial charge in [-0.05, 0) is 62.4 Å². The summed E-state index contributed by atoms with van der Waals surface area (Å²) in [6.45, 7) is 3.90.